The molecule has 1 atom stereocenters. The van der Waals surface area contributed by atoms with Crippen LogP contribution in [0.5, 0.6) is 0 Å². The van der Waals surface area contributed by atoms with Gasteiger partial charge in [0.25, 0.3) is 0 Å². The molecule has 6 nitrogen and oxygen atoms in total. The third-order valence-electron chi connectivity index (χ3n) is 2.67. The molecule has 0 amide bonds. The normalized spacial score (nSPS) is 13.0. The second-order valence-electron chi connectivity index (χ2n) is 3.78. The zero-order chi connectivity index (χ0) is 12.5. The first-order chi connectivity index (χ1) is 8.79. The van der Waals surface area contributed by atoms with Gasteiger partial charge in [-0.05, 0) is 12.1 Å². The lowest BCUT2D eigenvalue weighted by Crippen LogP contribution is -2.29. The summed E-state index contributed by atoms with van der Waals surface area (Å²) in [5, 5.41) is 8.01. The number of para-hydroxylation sites is 1. The summed E-state index contributed by atoms with van der Waals surface area (Å²) < 4.78 is 5.71. The Labute approximate surface area is 107 Å². The van der Waals surface area contributed by atoms with E-state index in [0.717, 1.165) is 5.39 Å². The first-order valence-electron chi connectivity index (χ1n) is 5.29. The summed E-state index contributed by atoms with van der Waals surface area (Å²) in [5.74, 6) is 6.72. The molecule has 18 heavy (non-hydrogen) atoms. The van der Waals surface area contributed by atoms with E-state index in [2.05, 4.69) is 20.6 Å². The third kappa shape index (κ3) is 1.76. The molecule has 3 aromatic rings. The molecule has 0 aliphatic carbocycles. The summed E-state index contributed by atoms with van der Waals surface area (Å²) in [7, 11) is 0. The highest BCUT2D eigenvalue weighted by molar-refractivity contribution is 6.34. The van der Waals surface area contributed by atoms with Gasteiger partial charge in [0.15, 0.2) is 11.4 Å². The molecule has 0 fully saturated rings. The van der Waals surface area contributed by atoms with Crippen molar-refractivity contribution in [3.63, 3.8) is 0 Å². The number of furan rings is 1. The zero-order valence-electron chi connectivity index (χ0n) is 9.22. The molecule has 92 valence electrons. The van der Waals surface area contributed by atoms with Crippen molar-refractivity contribution in [2.24, 2.45) is 5.84 Å². The fraction of sp³-hybridized carbons (Fsp3) is 0.0909. The van der Waals surface area contributed by atoms with Gasteiger partial charge in [-0.15, -0.1) is 0 Å². The summed E-state index contributed by atoms with van der Waals surface area (Å²) in [5.41, 5.74) is 3.26. The van der Waals surface area contributed by atoms with Gasteiger partial charge in [-0.3, -0.25) is 10.9 Å². The lowest BCUT2D eigenvalue weighted by molar-refractivity contribution is 0.465. The summed E-state index contributed by atoms with van der Waals surface area (Å²) in [4.78, 5) is 4.05. The van der Waals surface area contributed by atoms with Crippen molar-refractivity contribution < 1.29 is 4.42 Å². The van der Waals surface area contributed by atoms with Crippen LogP contribution in [-0.4, -0.2) is 15.2 Å². The highest BCUT2D eigenvalue weighted by Gasteiger charge is 2.20. The molecular weight excluding hydrogens is 254 g/mol. The molecule has 0 saturated carbocycles. The molecule has 2 heterocycles. The smallest absolute Gasteiger partial charge is 0.152 e. The van der Waals surface area contributed by atoms with Crippen molar-refractivity contribution >= 4 is 22.6 Å². The molecule has 3 rings (SSSR count). The van der Waals surface area contributed by atoms with Gasteiger partial charge in [0, 0.05) is 5.39 Å². The quantitative estimate of drug-likeness (QED) is 0.495. The number of aromatic nitrogens is 3. The van der Waals surface area contributed by atoms with Crippen molar-refractivity contribution in [1.82, 2.24) is 20.6 Å². The van der Waals surface area contributed by atoms with Crippen molar-refractivity contribution in [2.75, 3.05) is 0 Å². The second kappa shape index (κ2) is 4.41. The van der Waals surface area contributed by atoms with E-state index in [9.17, 15) is 0 Å². The second-order valence-corrected chi connectivity index (χ2v) is 4.18. The van der Waals surface area contributed by atoms with E-state index in [0.29, 0.717) is 22.2 Å². The predicted molar refractivity (Wildman–Crippen MR) is 66.8 cm³/mol. The number of nitrogens with one attached hydrogen (secondary N) is 2. The molecule has 1 aromatic carbocycles. The minimum Gasteiger partial charge on any atom is -0.457 e. The SMILES string of the molecule is NNC(c1ncn[nH]1)c1cc2cccc(Cl)c2o1. The van der Waals surface area contributed by atoms with Gasteiger partial charge in [0.1, 0.15) is 18.1 Å². The van der Waals surface area contributed by atoms with Gasteiger partial charge in [-0.2, -0.15) is 5.10 Å². The minimum absolute atomic E-state index is 0.393. The number of halogens is 1. The zero-order valence-corrected chi connectivity index (χ0v) is 9.98. The third-order valence-corrected chi connectivity index (χ3v) is 2.97. The van der Waals surface area contributed by atoms with E-state index in [4.69, 9.17) is 21.9 Å². The van der Waals surface area contributed by atoms with E-state index in [-0.39, 0.29) is 0 Å². The van der Waals surface area contributed by atoms with Crippen LogP contribution >= 0.6 is 11.6 Å². The van der Waals surface area contributed by atoms with Crippen molar-refractivity contribution in [3.05, 3.63) is 47.2 Å². The van der Waals surface area contributed by atoms with Crippen LogP contribution in [0.3, 0.4) is 0 Å². The number of fused-ring (bicyclic) bond motifs is 1. The fourth-order valence-corrected chi connectivity index (χ4v) is 2.06. The van der Waals surface area contributed by atoms with Crippen LogP contribution in [0.4, 0.5) is 0 Å². The van der Waals surface area contributed by atoms with Crippen molar-refractivity contribution in [1.29, 1.82) is 0 Å². The van der Waals surface area contributed by atoms with E-state index in [1.165, 1.54) is 6.33 Å². The number of nitrogens with two attached hydrogens (primary N) is 1. The van der Waals surface area contributed by atoms with Gasteiger partial charge in [0.05, 0.1) is 5.02 Å². The highest BCUT2D eigenvalue weighted by atomic mass is 35.5. The number of rotatable bonds is 3. The first-order valence-corrected chi connectivity index (χ1v) is 5.66. The molecule has 0 radical (unpaired) electrons. The number of hydrogen-bond donors (Lipinski definition) is 3. The molecule has 4 N–H and O–H groups in total. The fourth-order valence-electron chi connectivity index (χ4n) is 1.84. The molecule has 1 unspecified atom stereocenters. The van der Waals surface area contributed by atoms with Gasteiger partial charge in [0.2, 0.25) is 0 Å². The maximum Gasteiger partial charge on any atom is 0.152 e. The average molecular weight is 264 g/mol. The van der Waals surface area contributed by atoms with Crippen LogP contribution in [0.1, 0.15) is 17.6 Å². The van der Waals surface area contributed by atoms with Gasteiger partial charge < -0.3 is 4.42 Å². The Morgan fingerprint density at radius 2 is 2.33 bits per heavy atom. The van der Waals surface area contributed by atoms with Gasteiger partial charge in [-0.1, -0.05) is 23.7 Å². The van der Waals surface area contributed by atoms with E-state index >= 15 is 0 Å². The number of H-pyrrole nitrogens is 1. The predicted octanol–water partition coefficient (Wildman–Crippen LogP) is 1.76. The number of aromatic amines is 1. The largest absolute Gasteiger partial charge is 0.457 e. The summed E-state index contributed by atoms with van der Waals surface area (Å²) in [6, 6.07) is 7.03. The molecule has 0 spiro atoms. The summed E-state index contributed by atoms with van der Waals surface area (Å²) in [6.07, 6.45) is 1.41. The highest BCUT2D eigenvalue weighted by Crippen LogP contribution is 2.30. The Morgan fingerprint density at radius 1 is 1.44 bits per heavy atom. The van der Waals surface area contributed by atoms with Crippen LogP contribution in [0, 0.1) is 0 Å². The Bertz CT molecular complexity index is 663. The van der Waals surface area contributed by atoms with Crippen LogP contribution in [-0.2, 0) is 0 Å². The maximum atomic E-state index is 6.06. The Kier molecular flexibility index (Phi) is 2.75. The van der Waals surface area contributed by atoms with Gasteiger partial charge >= 0.3 is 0 Å². The summed E-state index contributed by atoms with van der Waals surface area (Å²) >= 11 is 6.06. The summed E-state index contributed by atoms with van der Waals surface area (Å²) in [6.45, 7) is 0. The van der Waals surface area contributed by atoms with E-state index in [1.807, 2.05) is 18.2 Å². The van der Waals surface area contributed by atoms with Crippen molar-refractivity contribution in [2.45, 2.75) is 6.04 Å². The van der Waals surface area contributed by atoms with Gasteiger partial charge in [-0.25, -0.2) is 10.4 Å². The van der Waals surface area contributed by atoms with Crippen LogP contribution in [0.25, 0.3) is 11.0 Å². The Balaban J connectivity index is 2.11. The minimum atomic E-state index is -0.393. The van der Waals surface area contributed by atoms with Crippen LogP contribution in [0.15, 0.2) is 35.0 Å². The molecule has 0 saturated heterocycles. The standard InChI is InChI=1S/C11H10ClN5O/c12-7-3-1-2-6-4-8(18-10(6)7)9(16-13)11-14-5-15-17-11/h1-5,9,16H,13H2,(H,14,15,17). The van der Waals surface area contributed by atoms with Crippen LogP contribution in [0.2, 0.25) is 5.02 Å². The van der Waals surface area contributed by atoms with Crippen LogP contribution < -0.4 is 11.3 Å². The number of nitrogens with zero attached hydrogens (tertiary/aromatic N) is 2. The van der Waals surface area contributed by atoms with Crippen molar-refractivity contribution in [3.8, 4) is 0 Å². The Hall–Kier alpha value is -1.89. The molecule has 2 aromatic heterocycles. The Morgan fingerprint density at radius 3 is 3.00 bits per heavy atom. The molecule has 7 heteroatoms. The molecule has 0 bridgehead atoms. The molecule has 0 aliphatic rings. The average Bonchev–Trinajstić information content (AvgIpc) is 3.00. The molecule has 0 aliphatic heterocycles. The number of hydrazine groups is 1. The molecular formula is C11H10ClN5O. The topological polar surface area (TPSA) is 92.8 Å². The maximum absolute atomic E-state index is 6.06. The van der Waals surface area contributed by atoms with E-state index < -0.39 is 6.04 Å². The lowest BCUT2D eigenvalue weighted by atomic mass is 10.2. The number of hydrogen-bond acceptors (Lipinski definition) is 5. The lowest BCUT2D eigenvalue weighted by Gasteiger charge is -2.08. The number of benzene rings is 1. The monoisotopic (exact) mass is 263 g/mol. The first kappa shape index (κ1) is 11.2. The van der Waals surface area contributed by atoms with E-state index in [1.54, 1.807) is 6.07 Å².